The zero-order valence-electron chi connectivity index (χ0n) is 6.87. The molecule has 5 nitrogen and oxygen atoms in total. The van der Waals surface area contributed by atoms with Crippen molar-refractivity contribution in [3.05, 3.63) is 17.7 Å². The second-order valence-electron chi connectivity index (χ2n) is 2.72. The Hall–Kier alpha value is -1.36. The number of hydrogen-bond acceptors (Lipinski definition) is 3. The quantitative estimate of drug-likeness (QED) is 0.565. The standard InChI is InChI=1S/C7H12N4O/c1-4(8)5-3-10-7(11-5)2-6(9)12/h3-4H,2,8H2,1H3,(H2,9,12)(H,10,11). The Labute approximate surface area is 70.2 Å². The van der Waals surface area contributed by atoms with Gasteiger partial charge in [-0.25, -0.2) is 4.98 Å². The lowest BCUT2D eigenvalue weighted by atomic mass is 10.3. The summed E-state index contributed by atoms with van der Waals surface area (Å²) in [7, 11) is 0. The van der Waals surface area contributed by atoms with Gasteiger partial charge in [-0.1, -0.05) is 0 Å². The fraction of sp³-hybridized carbons (Fsp3) is 0.429. The first-order chi connectivity index (χ1) is 5.59. The summed E-state index contributed by atoms with van der Waals surface area (Å²) < 4.78 is 0. The number of imidazole rings is 1. The molecule has 1 aromatic heterocycles. The minimum absolute atomic E-state index is 0.0980. The molecule has 0 aliphatic carbocycles. The van der Waals surface area contributed by atoms with Gasteiger partial charge in [-0.2, -0.15) is 0 Å². The molecule has 1 rings (SSSR count). The molecule has 1 amide bonds. The minimum atomic E-state index is -0.402. The highest BCUT2D eigenvalue weighted by atomic mass is 16.1. The minimum Gasteiger partial charge on any atom is -0.369 e. The molecule has 0 saturated heterocycles. The molecule has 1 unspecified atom stereocenters. The van der Waals surface area contributed by atoms with Gasteiger partial charge in [0.25, 0.3) is 0 Å². The number of H-pyrrole nitrogens is 1. The van der Waals surface area contributed by atoms with Gasteiger partial charge in [0.15, 0.2) is 0 Å². The number of carbonyl (C=O) groups excluding carboxylic acids is 1. The fourth-order valence-corrected chi connectivity index (χ4v) is 0.865. The second-order valence-corrected chi connectivity index (χ2v) is 2.72. The molecule has 12 heavy (non-hydrogen) atoms. The molecule has 0 aromatic carbocycles. The summed E-state index contributed by atoms with van der Waals surface area (Å²) >= 11 is 0. The third kappa shape index (κ3) is 2.06. The van der Waals surface area contributed by atoms with Crippen LogP contribution in [0.1, 0.15) is 24.5 Å². The van der Waals surface area contributed by atoms with Crippen molar-refractivity contribution in [1.29, 1.82) is 0 Å². The van der Waals surface area contributed by atoms with Crippen LogP contribution in [0.5, 0.6) is 0 Å². The molecule has 5 heteroatoms. The van der Waals surface area contributed by atoms with E-state index in [4.69, 9.17) is 11.5 Å². The van der Waals surface area contributed by atoms with Gasteiger partial charge in [0, 0.05) is 12.2 Å². The number of rotatable bonds is 3. The van der Waals surface area contributed by atoms with Gasteiger partial charge in [0.05, 0.1) is 12.1 Å². The Bertz CT molecular complexity index is 279. The highest BCUT2D eigenvalue weighted by Gasteiger charge is 2.05. The molecule has 1 heterocycles. The number of nitrogens with zero attached hydrogens (tertiary/aromatic N) is 1. The molecule has 66 valence electrons. The van der Waals surface area contributed by atoms with Crippen LogP contribution >= 0.6 is 0 Å². The van der Waals surface area contributed by atoms with E-state index in [0.717, 1.165) is 5.69 Å². The van der Waals surface area contributed by atoms with E-state index >= 15 is 0 Å². The Morgan fingerprint density at radius 2 is 2.50 bits per heavy atom. The van der Waals surface area contributed by atoms with Crippen LogP contribution in [0.4, 0.5) is 0 Å². The molecule has 0 bridgehead atoms. The zero-order chi connectivity index (χ0) is 9.14. The van der Waals surface area contributed by atoms with E-state index in [1.54, 1.807) is 6.20 Å². The van der Waals surface area contributed by atoms with Crippen molar-refractivity contribution in [1.82, 2.24) is 9.97 Å². The first-order valence-corrected chi connectivity index (χ1v) is 3.67. The van der Waals surface area contributed by atoms with Crippen LogP contribution < -0.4 is 11.5 Å². The Balaban J connectivity index is 2.70. The number of carbonyl (C=O) groups is 1. The lowest BCUT2D eigenvalue weighted by Crippen LogP contribution is -2.14. The average Bonchev–Trinajstić information content (AvgIpc) is 2.34. The van der Waals surface area contributed by atoms with Crippen molar-refractivity contribution in [2.24, 2.45) is 11.5 Å². The Kier molecular flexibility index (Phi) is 2.44. The highest BCUT2D eigenvalue weighted by molar-refractivity contribution is 5.75. The summed E-state index contributed by atoms with van der Waals surface area (Å²) in [4.78, 5) is 17.3. The molecule has 0 aliphatic heterocycles. The van der Waals surface area contributed by atoms with Crippen molar-refractivity contribution >= 4 is 5.91 Å². The van der Waals surface area contributed by atoms with Crippen LogP contribution in [0.25, 0.3) is 0 Å². The van der Waals surface area contributed by atoms with Crippen molar-refractivity contribution in [2.45, 2.75) is 19.4 Å². The summed E-state index contributed by atoms with van der Waals surface area (Å²) in [6.45, 7) is 1.83. The molecule has 1 aromatic rings. The van der Waals surface area contributed by atoms with E-state index in [9.17, 15) is 4.79 Å². The smallest absolute Gasteiger partial charge is 0.225 e. The van der Waals surface area contributed by atoms with Crippen LogP contribution in [0.15, 0.2) is 6.20 Å². The van der Waals surface area contributed by atoms with Crippen molar-refractivity contribution in [2.75, 3.05) is 0 Å². The molecule has 0 radical (unpaired) electrons. The number of aromatic nitrogens is 2. The van der Waals surface area contributed by atoms with E-state index in [2.05, 4.69) is 9.97 Å². The summed E-state index contributed by atoms with van der Waals surface area (Å²) in [5, 5.41) is 0. The number of nitrogens with one attached hydrogen (secondary N) is 1. The summed E-state index contributed by atoms with van der Waals surface area (Å²) in [6, 6.07) is -0.0980. The topological polar surface area (TPSA) is 97.8 Å². The van der Waals surface area contributed by atoms with E-state index < -0.39 is 5.91 Å². The van der Waals surface area contributed by atoms with Gasteiger partial charge in [0.1, 0.15) is 5.82 Å². The fourth-order valence-electron chi connectivity index (χ4n) is 0.865. The second kappa shape index (κ2) is 3.36. The maximum absolute atomic E-state index is 10.5. The van der Waals surface area contributed by atoms with Gasteiger partial charge < -0.3 is 16.5 Å². The largest absolute Gasteiger partial charge is 0.369 e. The lowest BCUT2D eigenvalue weighted by molar-refractivity contribution is -0.117. The highest BCUT2D eigenvalue weighted by Crippen LogP contribution is 2.05. The van der Waals surface area contributed by atoms with Crippen molar-refractivity contribution in [3.63, 3.8) is 0 Å². The van der Waals surface area contributed by atoms with Crippen molar-refractivity contribution < 1.29 is 4.79 Å². The van der Waals surface area contributed by atoms with E-state index in [1.165, 1.54) is 0 Å². The van der Waals surface area contributed by atoms with Crippen LogP contribution in [0.3, 0.4) is 0 Å². The Morgan fingerprint density at radius 1 is 1.83 bits per heavy atom. The molecule has 5 N–H and O–H groups in total. The number of hydrogen-bond donors (Lipinski definition) is 3. The molecule has 1 atom stereocenters. The number of amides is 1. The maximum atomic E-state index is 10.5. The van der Waals surface area contributed by atoms with E-state index in [0.29, 0.717) is 5.82 Å². The van der Waals surface area contributed by atoms with E-state index in [1.807, 2.05) is 6.92 Å². The summed E-state index contributed by atoms with van der Waals surface area (Å²) in [5.74, 6) is 0.162. The Morgan fingerprint density at radius 3 is 2.92 bits per heavy atom. The molecular weight excluding hydrogens is 156 g/mol. The first kappa shape index (κ1) is 8.73. The molecular formula is C7H12N4O. The van der Waals surface area contributed by atoms with Gasteiger partial charge in [0.2, 0.25) is 5.91 Å². The SMILES string of the molecule is CC(N)c1cnc(CC(N)=O)[nH]1. The third-order valence-electron chi connectivity index (χ3n) is 1.48. The van der Waals surface area contributed by atoms with E-state index in [-0.39, 0.29) is 12.5 Å². The first-order valence-electron chi connectivity index (χ1n) is 3.67. The van der Waals surface area contributed by atoms with Crippen LogP contribution in [-0.4, -0.2) is 15.9 Å². The van der Waals surface area contributed by atoms with Crippen LogP contribution in [-0.2, 0) is 11.2 Å². The molecule has 0 aliphatic rings. The molecule has 0 saturated carbocycles. The normalized spacial score (nSPS) is 12.8. The average molecular weight is 168 g/mol. The predicted molar refractivity (Wildman–Crippen MR) is 44.1 cm³/mol. The van der Waals surface area contributed by atoms with Crippen LogP contribution in [0.2, 0.25) is 0 Å². The van der Waals surface area contributed by atoms with Crippen LogP contribution in [0, 0.1) is 0 Å². The third-order valence-corrected chi connectivity index (χ3v) is 1.48. The number of primary amides is 1. The maximum Gasteiger partial charge on any atom is 0.225 e. The number of nitrogens with two attached hydrogens (primary N) is 2. The van der Waals surface area contributed by atoms with Crippen molar-refractivity contribution in [3.8, 4) is 0 Å². The molecule has 0 fully saturated rings. The predicted octanol–water partition coefficient (Wildman–Crippen LogP) is -0.543. The van der Waals surface area contributed by atoms with Gasteiger partial charge in [-0.05, 0) is 6.92 Å². The molecule has 0 spiro atoms. The number of aromatic amines is 1. The van der Waals surface area contributed by atoms with Gasteiger partial charge in [-0.3, -0.25) is 4.79 Å². The zero-order valence-corrected chi connectivity index (χ0v) is 6.87. The van der Waals surface area contributed by atoms with Gasteiger partial charge >= 0.3 is 0 Å². The summed E-state index contributed by atoms with van der Waals surface area (Å²) in [5.41, 5.74) is 11.4. The van der Waals surface area contributed by atoms with Gasteiger partial charge in [-0.15, -0.1) is 0 Å². The lowest BCUT2D eigenvalue weighted by Gasteiger charge is -1.98. The summed E-state index contributed by atoms with van der Waals surface area (Å²) in [6.07, 6.45) is 1.75. The monoisotopic (exact) mass is 168 g/mol.